The molecule has 60 valence electrons. The van der Waals surface area contributed by atoms with Crippen molar-refractivity contribution in [3.63, 3.8) is 0 Å². The maximum absolute atomic E-state index is 3.22. The van der Waals surface area contributed by atoms with E-state index in [4.69, 9.17) is 0 Å². The quantitative estimate of drug-likeness (QED) is 0.580. The third-order valence-electron chi connectivity index (χ3n) is 1.27. The Morgan fingerprint density at radius 1 is 1.40 bits per heavy atom. The van der Waals surface area contributed by atoms with Crippen molar-refractivity contribution in [3.05, 3.63) is 12.3 Å². The van der Waals surface area contributed by atoms with Gasteiger partial charge in [-0.05, 0) is 26.5 Å². The van der Waals surface area contributed by atoms with Crippen LogP contribution in [0.15, 0.2) is 12.3 Å². The summed E-state index contributed by atoms with van der Waals surface area (Å²) in [5, 5.41) is 3.22. The average molecular weight is 141 g/mol. The molecule has 0 aliphatic rings. The Morgan fingerprint density at radius 2 is 2.10 bits per heavy atom. The van der Waals surface area contributed by atoms with Crippen molar-refractivity contribution < 1.29 is 0 Å². The van der Waals surface area contributed by atoms with Crippen molar-refractivity contribution in [2.75, 3.05) is 0 Å². The molecule has 0 heterocycles. The van der Waals surface area contributed by atoms with E-state index in [-0.39, 0.29) is 0 Å². The molecule has 0 rings (SSSR count). The summed E-state index contributed by atoms with van der Waals surface area (Å²) >= 11 is 0. The minimum absolute atomic E-state index is 0.567. The molecule has 0 aliphatic carbocycles. The van der Waals surface area contributed by atoms with Gasteiger partial charge in [0, 0.05) is 6.04 Å². The first-order valence-corrected chi connectivity index (χ1v) is 4.18. The third kappa shape index (κ3) is 7.54. The number of nitrogens with one attached hydrogen (secondary N) is 1. The average Bonchev–Trinajstić information content (AvgIpc) is 1.87. The van der Waals surface area contributed by atoms with Gasteiger partial charge in [-0.25, -0.2) is 0 Å². The smallest absolute Gasteiger partial charge is 0.0199 e. The standard InChI is InChI=1S/C9H19N/c1-4-5-6-7-8-10-9(2)3/h7-10H,4-6H2,1-3H3/b8-7+. The number of allylic oxidation sites excluding steroid dienone is 1. The van der Waals surface area contributed by atoms with E-state index < -0.39 is 0 Å². The van der Waals surface area contributed by atoms with Gasteiger partial charge in [-0.2, -0.15) is 0 Å². The molecule has 0 saturated carbocycles. The van der Waals surface area contributed by atoms with E-state index in [2.05, 4.69) is 38.4 Å². The Bertz CT molecular complexity index is 84.7. The summed E-state index contributed by atoms with van der Waals surface area (Å²) in [6.45, 7) is 6.50. The van der Waals surface area contributed by atoms with Crippen LogP contribution in [0.1, 0.15) is 40.0 Å². The van der Waals surface area contributed by atoms with E-state index in [0.717, 1.165) is 0 Å². The fourth-order valence-electron chi connectivity index (χ4n) is 0.666. The first kappa shape index (κ1) is 9.54. The molecule has 0 radical (unpaired) electrons. The van der Waals surface area contributed by atoms with E-state index in [1.165, 1.54) is 19.3 Å². The Hall–Kier alpha value is -0.460. The number of hydrogen-bond acceptors (Lipinski definition) is 1. The van der Waals surface area contributed by atoms with Gasteiger partial charge in [-0.3, -0.25) is 0 Å². The molecule has 0 unspecified atom stereocenters. The highest BCUT2D eigenvalue weighted by molar-refractivity contribution is 4.80. The second-order valence-corrected chi connectivity index (χ2v) is 2.87. The van der Waals surface area contributed by atoms with Gasteiger partial charge in [0.25, 0.3) is 0 Å². The lowest BCUT2D eigenvalue weighted by Crippen LogP contribution is -2.14. The minimum atomic E-state index is 0.567. The van der Waals surface area contributed by atoms with Crippen molar-refractivity contribution in [2.45, 2.75) is 46.1 Å². The maximum atomic E-state index is 3.22. The summed E-state index contributed by atoms with van der Waals surface area (Å²) in [5.74, 6) is 0. The maximum Gasteiger partial charge on any atom is 0.0199 e. The van der Waals surface area contributed by atoms with Gasteiger partial charge >= 0.3 is 0 Å². The highest BCUT2D eigenvalue weighted by atomic mass is 14.9. The van der Waals surface area contributed by atoms with Gasteiger partial charge in [0.15, 0.2) is 0 Å². The van der Waals surface area contributed by atoms with E-state index in [1.54, 1.807) is 0 Å². The van der Waals surface area contributed by atoms with Crippen LogP contribution in [0, 0.1) is 0 Å². The largest absolute Gasteiger partial charge is 0.389 e. The molecule has 0 aromatic rings. The molecular formula is C9H19N. The lowest BCUT2D eigenvalue weighted by molar-refractivity contribution is 0.697. The fourth-order valence-corrected chi connectivity index (χ4v) is 0.666. The number of unbranched alkanes of at least 4 members (excludes halogenated alkanes) is 2. The zero-order valence-electron chi connectivity index (χ0n) is 7.35. The highest BCUT2D eigenvalue weighted by Gasteiger charge is 1.82. The van der Waals surface area contributed by atoms with E-state index in [0.29, 0.717) is 6.04 Å². The predicted octanol–water partition coefficient (Wildman–Crippen LogP) is 2.69. The van der Waals surface area contributed by atoms with Gasteiger partial charge in [-0.15, -0.1) is 0 Å². The second-order valence-electron chi connectivity index (χ2n) is 2.87. The van der Waals surface area contributed by atoms with Gasteiger partial charge in [0.2, 0.25) is 0 Å². The highest BCUT2D eigenvalue weighted by Crippen LogP contribution is 1.93. The molecular weight excluding hydrogens is 122 g/mol. The topological polar surface area (TPSA) is 12.0 Å². The zero-order valence-corrected chi connectivity index (χ0v) is 7.35. The zero-order chi connectivity index (χ0) is 7.82. The summed E-state index contributed by atoms with van der Waals surface area (Å²) in [5.41, 5.74) is 0. The molecule has 0 bridgehead atoms. The summed E-state index contributed by atoms with van der Waals surface area (Å²) in [7, 11) is 0. The number of hydrogen-bond donors (Lipinski definition) is 1. The van der Waals surface area contributed by atoms with Crippen LogP contribution in [-0.2, 0) is 0 Å². The summed E-state index contributed by atoms with van der Waals surface area (Å²) in [6.07, 6.45) is 8.04. The van der Waals surface area contributed by atoms with Crippen molar-refractivity contribution in [2.24, 2.45) is 0 Å². The fraction of sp³-hybridized carbons (Fsp3) is 0.778. The van der Waals surface area contributed by atoms with Gasteiger partial charge < -0.3 is 5.32 Å². The lowest BCUT2D eigenvalue weighted by atomic mass is 10.2. The SMILES string of the molecule is CCCC/C=C/NC(C)C. The van der Waals surface area contributed by atoms with E-state index >= 15 is 0 Å². The first-order chi connectivity index (χ1) is 4.77. The van der Waals surface area contributed by atoms with Crippen LogP contribution >= 0.6 is 0 Å². The van der Waals surface area contributed by atoms with Crippen LogP contribution in [0.3, 0.4) is 0 Å². The van der Waals surface area contributed by atoms with Gasteiger partial charge in [0.1, 0.15) is 0 Å². The summed E-state index contributed by atoms with van der Waals surface area (Å²) in [4.78, 5) is 0. The van der Waals surface area contributed by atoms with Crippen molar-refractivity contribution in [1.29, 1.82) is 0 Å². The van der Waals surface area contributed by atoms with Gasteiger partial charge in [0.05, 0.1) is 0 Å². The molecule has 0 amide bonds. The van der Waals surface area contributed by atoms with Crippen LogP contribution in [0.4, 0.5) is 0 Å². The van der Waals surface area contributed by atoms with Crippen LogP contribution < -0.4 is 5.32 Å². The second kappa shape index (κ2) is 6.66. The minimum Gasteiger partial charge on any atom is -0.389 e. The molecule has 0 saturated heterocycles. The van der Waals surface area contributed by atoms with Crippen LogP contribution in [0.25, 0.3) is 0 Å². The molecule has 0 atom stereocenters. The Balaban J connectivity index is 3.04. The van der Waals surface area contributed by atoms with Gasteiger partial charge in [-0.1, -0.05) is 25.8 Å². The van der Waals surface area contributed by atoms with Crippen LogP contribution in [-0.4, -0.2) is 6.04 Å². The van der Waals surface area contributed by atoms with Crippen molar-refractivity contribution in [3.8, 4) is 0 Å². The van der Waals surface area contributed by atoms with Crippen molar-refractivity contribution >= 4 is 0 Å². The first-order valence-electron chi connectivity index (χ1n) is 4.18. The Labute approximate surface area is 64.5 Å². The number of rotatable bonds is 5. The lowest BCUT2D eigenvalue weighted by Gasteiger charge is -2.01. The molecule has 1 heteroatoms. The van der Waals surface area contributed by atoms with E-state index in [1.807, 2.05) is 0 Å². The summed E-state index contributed by atoms with van der Waals surface area (Å²) in [6, 6.07) is 0.567. The molecule has 1 N–H and O–H groups in total. The van der Waals surface area contributed by atoms with Crippen LogP contribution in [0.5, 0.6) is 0 Å². The monoisotopic (exact) mass is 141 g/mol. The molecule has 0 fully saturated rings. The van der Waals surface area contributed by atoms with Crippen molar-refractivity contribution in [1.82, 2.24) is 5.32 Å². The summed E-state index contributed by atoms with van der Waals surface area (Å²) < 4.78 is 0. The predicted molar refractivity (Wildman–Crippen MR) is 46.9 cm³/mol. The normalized spacial score (nSPS) is 11.2. The Morgan fingerprint density at radius 3 is 2.60 bits per heavy atom. The molecule has 0 aliphatic heterocycles. The Kier molecular flexibility index (Phi) is 6.35. The molecule has 0 spiro atoms. The van der Waals surface area contributed by atoms with E-state index in [9.17, 15) is 0 Å². The third-order valence-corrected chi connectivity index (χ3v) is 1.27. The molecule has 1 nitrogen and oxygen atoms in total. The molecule has 0 aromatic carbocycles. The molecule has 10 heavy (non-hydrogen) atoms. The van der Waals surface area contributed by atoms with Crippen LogP contribution in [0.2, 0.25) is 0 Å². The molecule has 0 aromatic heterocycles.